The lowest BCUT2D eigenvalue weighted by atomic mass is 9.92. The Morgan fingerprint density at radius 3 is 3.06 bits per heavy atom. The zero-order chi connectivity index (χ0) is 11.1. The maximum absolute atomic E-state index is 11.8. The standard InChI is InChI=1S/C11H17NO4/c13-6-7-3-4-8-10-9(16-12(7)8)2-1-5-15-11(10)14/h7-10,13H,1-6H2/t7-,8-,9-,10-/m0/s1. The minimum atomic E-state index is -0.140. The number of carbonyl (C=O) groups excluding carboxylic acids is 1. The maximum atomic E-state index is 11.8. The zero-order valence-electron chi connectivity index (χ0n) is 9.17. The second-order valence-corrected chi connectivity index (χ2v) is 4.82. The van der Waals surface area contributed by atoms with Crippen molar-refractivity contribution in [3.8, 4) is 0 Å². The van der Waals surface area contributed by atoms with Crippen molar-refractivity contribution in [3.05, 3.63) is 0 Å². The molecular weight excluding hydrogens is 210 g/mol. The molecule has 0 aromatic rings. The van der Waals surface area contributed by atoms with Crippen LogP contribution in [0.25, 0.3) is 0 Å². The first-order chi connectivity index (χ1) is 7.81. The van der Waals surface area contributed by atoms with Gasteiger partial charge in [0.15, 0.2) is 0 Å². The van der Waals surface area contributed by atoms with Crippen molar-refractivity contribution in [2.24, 2.45) is 5.92 Å². The van der Waals surface area contributed by atoms with Gasteiger partial charge in [0.1, 0.15) is 5.92 Å². The number of rotatable bonds is 1. The van der Waals surface area contributed by atoms with E-state index in [2.05, 4.69) is 0 Å². The van der Waals surface area contributed by atoms with Gasteiger partial charge in [-0.3, -0.25) is 9.63 Å². The molecule has 0 aliphatic carbocycles. The lowest BCUT2D eigenvalue weighted by Crippen LogP contribution is -2.36. The third-order valence-electron chi connectivity index (χ3n) is 3.91. The number of esters is 1. The van der Waals surface area contributed by atoms with Crippen molar-refractivity contribution in [2.45, 2.75) is 43.9 Å². The first-order valence-electron chi connectivity index (χ1n) is 6.04. The van der Waals surface area contributed by atoms with Crippen molar-refractivity contribution in [3.63, 3.8) is 0 Å². The predicted molar refractivity (Wildman–Crippen MR) is 54.3 cm³/mol. The van der Waals surface area contributed by atoms with Gasteiger partial charge >= 0.3 is 5.97 Å². The third-order valence-corrected chi connectivity index (χ3v) is 3.91. The summed E-state index contributed by atoms with van der Waals surface area (Å²) in [7, 11) is 0. The Balaban J connectivity index is 1.82. The Labute approximate surface area is 94.3 Å². The molecule has 0 spiro atoms. The predicted octanol–water partition coefficient (Wildman–Crippen LogP) is 0.0787. The molecule has 0 radical (unpaired) electrons. The Kier molecular flexibility index (Phi) is 2.61. The Morgan fingerprint density at radius 1 is 1.38 bits per heavy atom. The van der Waals surface area contributed by atoms with Gasteiger partial charge in [0, 0.05) is 0 Å². The third kappa shape index (κ3) is 1.46. The molecule has 16 heavy (non-hydrogen) atoms. The van der Waals surface area contributed by atoms with E-state index < -0.39 is 0 Å². The van der Waals surface area contributed by atoms with Gasteiger partial charge in [0.2, 0.25) is 0 Å². The largest absolute Gasteiger partial charge is 0.465 e. The number of hydroxylamine groups is 2. The highest BCUT2D eigenvalue weighted by Crippen LogP contribution is 2.41. The Hall–Kier alpha value is -0.650. The number of hydrogen-bond acceptors (Lipinski definition) is 5. The summed E-state index contributed by atoms with van der Waals surface area (Å²) in [6, 6.07) is 0.178. The van der Waals surface area contributed by atoms with E-state index in [0.29, 0.717) is 6.61 Å². The second kappa shape index (κ2) is 3.98. The number of aliphatic hydroxyl groups is 1. The fraction of sp³-hybridized carbons (Fsp3) is 0.909. The van der Waals surface area contributed by atoms with Crippen molar-refractivity contribution in [1.82, 2.24) is 5.06 Å². The summed E-state index contributed by atoms with van der Waals surface area (Å²) in [6.45, 7) is 0.621. The highest BCUT2D eigenvalue weighted by Gasteiger charge is 2.53. The first-order valence-corrected chi connectivity index (χ1v) is 6.04. The van der Waals surface area contributed by atoms with Gasteiger partial charge in [0.25, 0.3) is 0 Å². The quantitative estimate of drug-likeness (QED) is 0.643. The van der Waals surface area contributed by atoms with E-state index in [1.54, 1.807) is 0 Å². The SMILES string of the molecule is O=C1OCCC[C@@H]2ON3[C@H](CO)CC[C@H]3[C@H]12. The summed E-state index contributed by atoms with van der Waals surface area (Å²) in [6.07, 6.45) is 3.53. The molecule has 4 atom stereocenters. The van der Waals surface area contributed by atoms with E-state index in [-0.39, 0.29) is 36.7 Å². The van der Waals surface area contributed by atoms with Crippen molar-refractivity contribution < 1.29 is 19.5 Å². The van der Waals surface area contributed by atoms with Gasteiger partial charge in [-0.1, -0.05) is 0 Å². The molecule has 3 aliphatic heterocycles. The molecule has 0 bridgehead atoms. The topological polar surface area (TPSA) is 59.0 Å². The summed E-state index contributed by atoms with van der Waals surface area (Å²) >= 11 is 0. The molecule has 1 N–H and O–H groups in total. The Morgan fingerprint density at radius 2 is 2.25 bits per heavy atom. The van der Waals surface area contributed by atoms with Crippen LogP contribution in [-0.2, 0) is 14.4 Å². The number of cyclic esters (lactones) is 1. The van der Waals surface area contributed by atoms with E-state index >= 15 is 0 Å². The highest BCUT2D eigenvalue weighted by atomic mass is 16.7. The van der Waals surface area contributed by atoms with Crippen LogP contribution >= 0.6 is 0 Å². The first kappa shape index (κ1) is 10.5. The molecule has 90 valence electrons. The van der Waals surface area contributed by atoms with Gasteiger partial charge < -0.3 is 9.84 Å². The molecule has 3 fully saturated rings. The zero-order valence-corrected chi connectivity index (χ0v) is 9.17. The summed E-state index contributed by atoms with van der Waals surface area (Å²) in [5.41, 5.74) is 0. The minimum Gasteiger partial charge on any atom is -0.465 e. The molecule has 0 saturated carbocycles. The van der Waals surface area contributed by atoms with Crippen molar-refractivity contribution in [1.29, 1.82) is 0 Å². The summed E-state index contributed by atoms with van der Waals surface area (Å²) in [4.78, 5) is 17.7. The fourth-order valence-electron chi connectivity index (χ4n) is 3.13. The number of hydrogen-bond donors (Lipinski definition) is 1. The molecule has 5 heteroatoms. The lowest BCUT2D eigenvalue weighted by Gasteiger charge is -2.21. The van der Waals surface area contributed by atoms with E-state index in [1.165, 1.54) is 0 Å². The second-order valence-electron chi connectivity index (χ2n) is 4.82. The molecule has 0 aromatic carbocycles. The van der Waals surface area contributed by atoms with Crippen molar-refractivity contribution in [2.75, 3.05) is 13.2 Å². The molecule has 3 rings (SSSR count). The smallest absolute Gasteiger partial charge is 0.313 e. The fourth-order valence-corrected chi connectivity index (χ4v) is 3.13. The molecule has 0 amide bonds. The van der Waals surface area contributed by atoms with E-state index in [9.17, 15) is 9.90 Å². The van der Waals surface area contributed by atoms with Crippen molar-refractivity contribution >= 4 is 5.97 Å². The average Bonchev–Trinajstić information content (AvgIpc) is 2.76. The summed E-state index contributed by atoms with van der Waals surface area (Å²) in [5, 5.41) is 11.1. The molecule has 3 saturated heterocycles. The van der Waals surface area contributed by atoms with Crippen LogP contribution in [0.4, 0.5) is 0 Å². The van der Waals surface area contributed by atoms with Crippen LogP contribution in [0, 0.1) is 5.92 Å². The molecule has 3 heterocycles. The molecule has 5 nitrogen and oxygen atoms in total. The average molecular weight is 227 g/mol. The minimum absolute atomic E-state index is 0.0330. The number of ether oxygens (including phenoxy) is 1. The van der Waals surface area contributed by atoms with Crippen LogP contribution in [0.15, 0.2) is 0 Å². The summed E-state index contributed by atoms with van der Waals surface area (Å²) in [5.74, 6) is -0.257. The Bertz CT molecular complexity index is 296. The van der Waals surface area contributed by atoms with Crippen LogP contribution in [-0.4, -0.2) is 47.5 Å². The van der Waals surface area contributed by atoms with E-state index in [1.807, 2.05) is 5.06 Å². The normalized spacial score (nSPS) is 43.7. The maximum Gasteiger partial charge on any atom is 0.313 e. The van der Waals surface area contributed by atoms with E-state index in [0.717, 1.165) is 25.7 Å². The molecular formula is C11H17NO4. The number of aliphatic hydroxyl groups excluding tert-OH is 1. The van der Waals surface area contributed by atoms with Crippen LogP contribution in [0.2, 0.25) is 0 Å². The number of nitrogens with zero attached hydrogens (tertiary/aromatic N) is 1. The lowest BCUT2D eigenvalue weighted by molar-refractivity contribution is -0.180. The van der Waals surface area contributed by atoms with Gasteiger partial charge in [-0.25, -0.2) is 0 Å². The monoisotopic (exact) mass is 227 g/mol. The van der Waals surface area contributed by atoms with Crippen LogP contribution in [0.5, 0.6) is 0 Å². The van der Waals surface area contributed by atoms with E-state index in [4.69, 9.17) is 9.57 Å². The molecule has 0 aromatic heterocycles. The number of carbonyl (C=O) groups is 1. The van der Waals surface area contributed by atoms with Crippen LogP contribution < -0.4 is 0 Å². The van der Waals surface area contributed by atoms with Crippen LogP contribution in [0.1, 0.15) is 25.7 Å². The van der Waals surface area contributed by atoms with Crippen LogP contribution in [0.3, 0.4) is 0 Å². The van der Waals surface area contributed by atoms with Gasteiger partial charge in [0.05, 0.1) is 31.4 Å². The van der Waals surface area contributed by atoms with Gasteiger partial charge in [-0.15, -0.1) is 0 Å². The van der Waals surface area contributed by atoms with Gasteiger partial charge in [-0.05, 0) is 25.7 Å². The van der Waals surface area contributed by atoms with Gasteiger partial charge in [-0.2, -0.15) is 5.06 Å². The molecule has 3 aliphatic rings. The molecule has 0 unspecified atom stereocenters. The number of fused-ring (bicyclic) bond motifs is 3. The summed E-state index contributed by atoms with van der Waals surface area (Å²) < 4.78 is 5.19. The highest BCUT2D eigenvalue weighted by molar-refractivity contribution is 5.74.